The quantitative estimate of drug-likeness (QED) is 0.410. The molecular formula is C14H10O3S. The molecule has 3 aromatic rings. The predicted octanol–water partition coefficient (Wildman–Crippen LogP) is 3.80. The number of esters is 1. The Morgan fingerprint density at radius 3 is 2.50 bits per heavy atom. The van der Waals surface area contributed by atoms with Crippen LogP contribution in [0.5, 0.6) is 5.75 Å². The number of carbonyl (C=O) groups excluding carboxylic acids is 1. The maximum absolute atomic E-state index is 11.1. The van der Waals surface area contributed by atoms with Gasteiger partial charge in [0.1, 0.15) is 5.58 Å². The van der Waals surface area contributed by atoms with Crippen molar-refractivity contribution < 1.29 is 13.9 Å². The molecule has 0 amide bonds. The van der Waals surface area contributed by atoms with E-state index in [1.54, 1.807) is 6.07 Å². The Balaban J connectivity index is 2.38. The van der Waals surface area contributed by atoms with Crippen molar-refractivity contribution in [2.75, 3.05) is 0 Å². The molecule has 0 N–H and O–H groups in total. The van der Waals surface area contributed by atoms with E-state index in [1.165, 1.54) is 6.92 Å². The number of para-hydroxylation sites is 2. The van der Waals surface area contributed by atoms with Gasteiger partial charge in [-0.05, 0) is 12.1 Å². The zero-order valence-corrected chi connectivity index (χ0v) is 10.5. The number of ether oxygens (including phenoxy) is 1. The molecule has 0 spiro atoms. The molecule has 4 heteroatoms. The van der Waals surface area contributed by atoms with Crippen LogP contribution in [-0.4, -0.2) is 5.97 Å². The number of thiol groups is 1. The fraction of sp³-hybridized carbons (Fsp3) is 0.0714. The van der Waals surface area contributed by atoms with Crippen LogP contribution in [0.15, 0.2) is 45.7 Å². The van der Waals surface area contributed by atoms with Crippen molar-refractivity contribution in [1.82, 2.24) is 0 Å². The number of hydrogen-bond acceptors (Lipinski definition) is 4. The third-order valence-corrected chi connectivity index (χ3v) is 3.07. The first-order valence-electron chi connectivity index (χ1n) is 5.48. The molecule has 0 aliphatic carbocycles. The van der Waals surface area contributed by atoms with Crippen molar-refractivity contribution in [2.45, 2.75) is 11.8 Å². The Kier molecular flexibility index (Phi) is 2.52. The molecule has 18 heavy (non-hydrogen) atoms. The van der Waals surface area contributed by atoms with Crippen molar-refractivity contribution in [3.8, 4) is 5.75 Å². The van der Waals surface area contributed by atoms with Crippen LogP contribution < -0.4 is 4.74 Å². The normalized spacial score (nSPS) is 11.0. The van der Waals surface area contributed by atoms with Gasteiger partial charge in [0.2, 0.25) is 0 Å². The Labute approximate surface area is 109 Å². The molecule has 2 aromatic carbocycles. The standard InChI is InChI=1S/C14H10O3S/c1-8(15)16-11-6-2-4-9-10-5-3-7-12(18)14(10)17-13(9)11/h2-7,18H,1H3. The van der Waals surface area contributed by atoms with E-state index >= 15 is 0 Å². The largest absolute Gasteiger partial charge is 0.451 e. The predicted molar refractivity (Wildman–Crippen MR) is 72.3 cm³/mol. The third kappa shape index (κ3) is 1.66. The second kappa shape index (κ2) is 4.07. The van der Waals surface area contributed by atoms with E-state index in [-0.39, 0.29) is 5.97 Å². The number of rotatable bonds is 1. The molecule has 1 aromatic heterocycles. The van der Waals surface area contributed by atoms with Gasteiger partial charge < -0.3 is 9.15 Å². The first-order chi connectivity index (χ1) is 8.66. The van der Waals surface area contributed by atoms with E-state index in [4.69, 9.17) is 9.15 Å². The molecule has 0 fully saturated rings. The van der Waals surface area contributed by atoms with Crippen LogP contribution in [0, 0.1) is 0 Å². The second-order valence-corrected chi connectivity index (χ2v) is 4.46. The van der Waals surface area contributed by atoms with Crippen LogP contribution in [0.3, 0.4) is 0 Å². The van der Waals surface area contributed by atoms with Gasteiger partial charge in [-0.15, -0.1) is 12.6 Å². The molecule has 0 saturated heterocycles. The van der Waals surface area contributed by atoms with Gasteiger partial charge in [-0.2, -0.15) is 0 Å². The molecule has 0 bridgehead atoms. The van der Waals surface area contributed by atoms with Crippen molar-refractivity contribution in [2.24, 2.45) is 0 Å². The third-order valence-electron chi connectivity index (χ3n) is 2.72. The smallest absolute Gasteiger partial charge is 0.308 e. The first-order valence-corrected chi connectivity index (χ1v) is 5.93. The number of furan rings is 1. The Hall–Kier alpha value is -1.94. The van der Waals surface area contributed by atoms with Gasteiger partial charge >= 0.3 is 5.97 Å². The fourth-order valence-electron chi connectivity index (χ4n) is 2.01. The highest BCUT2D eigenvalue weighted by molar-refractivity contribution is 7.80. The molecule has 0 atom stereocenters. The van der Waals surface area contributed by atoms with Crippen molar-refractivity contribution in [3.63, 3.8) is 0 Å². The minimum atomic E-state index is -0.367. The molecule has 90 valence electrons. The van der Waals surface area contributed by atoms with Crippen LogP contribution in [0.25, 0.3) is 21.9 Å². The SMILES string of the molecule is CC(=O)Oc1cccc2c1oc1c(S)cccc12. The zero-order valence-electron chi connectivity index (χ0n) is 9.64. The number of hydrogen-bond donors (Lipinski definition) is 1. The summed E-state index contributed by atoms with van der Waals surface area (Å²) >= 11 is 4.36. The van der Waals surface area contributed by atoms with E-state index < -0.39 is 0 Å². The lowest BCUT2D eigenvalue weighted by Gasteiger charge is -2.00. The van der Waals surface area contributed by atoms with Gasteiger partial charge in [0, 0.05) is 22.6 Å². The summed E-state index contributed by atoms with van der Waals surface area (Å²) < 4.78 is 10.9. The lowest BCUT2D eigenvalue weighted by Crippen LogP contribution is -2.01. The average Bonchev–Trinajstić information content (AvgIpc) is 2.70. The van der Waals surface area contributed by atoms with Crippen LogP contribution in [0.4, 0.5) is 0 Å². The maximum atomic E-state index is 11.1. The Morgan fingerprint density at radius 1 is 1.11 bits per heavy atom. The van der Waals surface area contributed by atoms with Crippen LogP contribution >= 0.6 is 12.6 Å². The van der Waals surface area contributed by atoms with Gasteiger partial charge in [-0.3, -0.25) is 4.79 Å². The number of carbonyl (C=O) groups is 1. The van der Waals surface area contributed by atoms with Crippen molar-refractivity contribution >= 4 is 40.5 Å². The highest BCUT2D eigenvalue weighted by Gasteiger charge is 2.13. The van der Waals surface area contributed by atoms with Gasteiger partial charge in [0.05, 0.1) is 0 Å². The molecular weight excluding hydrogens is 248 g/mol. The minimum absolute atomic E-state index is 0.367. The summed E-state index contributed by atoms with van der Waals surface area (Å²) in [6.07, 6.45) is 0. The topological polar surface area (TPSA) is 39.4 Å². The van der Waals surface area contributed by atoms with E-state index in [0.717, 1.165) is 15.7 Å². The van der Waals surface area contributed by atoms with Crippen molar-refractivity contribution in [1.29, 1.82) is 0 Å². The van der Waals surface area contributed by atoms with Gasteiger partial charge in [-0.25, -0.2) is 0 Å². The van der Waals surface area contributed by atoms with E-state index in [0.29, 0.717) is 16.9 Å². The van der Waals surface area contributed by atoms with Gasteiger partial charge in [0.15, 0.2) is 11.3 Å². The Morgan fingerprint density at radius 2 is 1.78 bits per heavy atom. The summed E-state index contributed by atoms with van der Waals surface area (Å²) in [6.45, 7) is 1.37. The van der Waals surface area contributed by atoms with Gasteiger partial charge in [0.25, 0.3) is 0 Å². The molecule has 0 aliphatic heterocycles. The highest BCUT2D eigenvalue weighted by Crippen LogP contribution is 2.36. The van der Waals surface area contributed by atoms with Crippen LogP contribution in [0.2, 0.25) is 0 Å². The summed E-state index contributed by atoms with van der Waals surface area (Å²) in [5.41, 5.74) is 1.28. The molecule has 0 unspecified atom stereocenters. The lowest BCUT2D eigenvalue weighted by molar-refractivity contribution is -0.131. The summed E-state index contributed by atoms with van der Waals surface area (Å²) in [7, 11) is 0. The fourth-order valence-corrected chi connectivity index (χ4v) is 2.27. The van der Waals surface area contributed by atoms with E-state index in [2.05, 4.69) is 12.6 Å². The first kappa shape index (κ1) is 11.2. The number of benzene rings is 2. The summed E-state index contributed by atoms with van der Waals surface area (Å²) in [5.74, 6) is 0.0676. The lowest BCUT2D eigenvalue weighted by atomic mass is 10.1. The monoisotopic (exact) mass is 258 g/mol. The molecule has 0 radical (unpaired) electrons. The number of fused-ring (bicyclic) bond motifs is 3. The summed E-state index contributed by atoms with van der Waals surface area (Å²) in [6, 6.07) is 11.2. The molecule has 0 saturated carbocycles. The van der Waals surface area contributed by atoms with Crippen molar-refractivity contribution in [3.05, 3.63) is 36.4 Å². The maximum Gasteiger partial charge on any atom is 0.308 e. The van der Waals surface area contributed by atoms with Crippen LogP contribution in [-0.2, 0) is 4.79 Å². The molecule has 3 nitrogen and oxygen atoms in total. The molecule has 0 aliphatic rings. The zero-order chi connectivity index (χ0) is 12.7. The highest BCUT2D eigenvalue weighted by atomic mass is 32.1. The molecule has 1 heterocycles. The summed E-state index contributed by atoms with van der Waals surface area (Å²) in [4.78, 5) is 11.8. The Bertz CT molecular complexity index is 758. The minimum Gasteiger partial charge on any atom is -0.451 e. The second-order valence-electron chi connectivity index (χ2n) is 3.98. The van der Waals surface area contributed by atoms with Gasteiger partial charge in [-0.1, -0.05) is 24.3 Å². The summed E-state index contributed by atoms with van der Waals surface area (Å²) in [5, 5.41) is 1.88. The van der Waals surface area contributed by atoms with Crippen LogP contribution in [0.1, 0.15) is 6.92 Å². The molecule has 3 rings (SSSR count). The average molecular weight is 258 g/mol. The van der Waals surface area contributed by atoms with E-state index in [9.17, 15) is 4.79 Å². The van der Waals surface area contributed by atoms with E-state index in [1.807, 2.05) is 30.3 Å².